The highest BCUT2D eigenvalue weighted by atomic mass is 32.2. The first kappa shape index (κ1) is 25.4. The van der Waals surface area contributed by atoms with E-state index in [-0.39, 0.29) is 5.91 Å². The number of amides is 2. The van der Waals surface area contributed by atoms with Crippen molar-refractivity contribution in [2.45, 2.75) is 36.2 Å². The Morgan fingerprint density at radius 3 is 2.57 bits per heavy atom. The van der Waals surface area contributed by atoms with Crippen molar-refractivity contribution in [3.63, 3.8) is 0 Å². The van der Waals surface area contributed by atoms with E-state index in [0.29, 0.717) is 48.6 Å². The highest BCUT2D eigenvalue weighted by molar-refractivity contribution is 7.97. The summed E-state index contributed by atoms with van der Waals surface area (Å²) in [5, 5.41) is 9.10. The Morgan fingerprint density at radius 2 is 1.91 bits per heavy atom. The van der Waals surface area contributed by atoms with Crippen molar-refractivity contribution in [1.29, 1.82) is 0 Å². The van der Waals surface area contributed by atoms with Crippen molar-refractivity contribution < 1.29 is 23.5 Å². The molecule has 10 heteroatoms. The van der Waals surface area contributed by atoms with Gasteiger partial charge in [-0.15, -0.1) is 0 Å². The first-order valence-corrected chi connectivity index (χ1v) is 12.6. The van der Waals surface area contributed by atoms with Crippen molar-refractivity contribution >= 4 is 29.4 Å². The molecule has 0 aromatic heterocycles. The molecule has 2 fully saturated rings. The molecule has 188 valence electrons. The van der Waals surface area contributed by atoms with E-state index in [1.54, 1.807) is 13.2 Å². The van der Waals surface area contributed by atoms with Gasteiger partial charge in [-0.25, -0.2) is 4.39 Å². The van der Waals surface area contributed by atoms with Crippen LogP contribution in [0.2, 0.25) is 0 Å². The van der Waals surface area contributed by atoms with Crippen LogP contribution in [0.1, 0.15) is 29.6 Å². The Bertz CT molecular complexity index is 1010. The molecular formula is C25H31FN4O4S. The number of carbonyl (C=O) groups excluding carboxylic acids is 2. The van der Waals surface area contributed by atoms with Gasteiger partial charge in [0.25, 0.3) is 5.91 Å². The van der Waals surface area contributed by atoms with Gasteiger partial charge in [-0.3, -0.25) is 14.3 Å². The van der Waals surface area contributed by atoms with Crippen LogP contribution in [0.3, 0.4) is 0 Å². The summed E-state index contributed by atoms with van der Waals surface area (Å²) in [5.74, 6) is -0.181. The smallest absolute Gasteiger partial charge is 0.251 e. The first-order chi connectivity index (χ1) is 17.0. The standard InChI is InChI=1S/C25H31FN4O4S/c1-33-22-13-19(6-7-23(22)35-30-20-14-34-15-20)28-25(32)21(12-16-8-10-27-11-9-16)29-24(31)17-2-4-18(26)5-3-17/h2-7,13,16,20-21,27,30H,8-12,14-15H2,1H3,(H,28,32)(H,29,31). The molecule has 2 aliphatic heterocycles. The van der Waals surface area contributed by atoms with Crippen molar-refractivity contribution in [3.8, 4) is 5.75 Å². The maximum atomic E-state index is 13.3. The number of rotatable bonds is 10. The topological polar surface area (TPSA) is 101 Å². The zero-order chi connectivity index (χ0) is 24.6. The van der Waals surface area contributed by atoms with Crippen molar-refractivity contribution in [2.75, 3.05) is 38.7 Å². The normalized spacial score (nSPS) is 17.3. The lowest BCUT2D eigenvalue weighted by Crippen LogP contribution is -2.46. The quantitative estimate of drug-likeness (QED) is 0.371. The van der Waals surface area contributed by atoms with Crippen LogP contribution in [0.4, 0.5) is 10.1 Å². The van der Waals surface area contributed by atoms with E-state index in [1.807, 2.05) is 12.1 Å². The number of hydrogen-bond acceptors (Lipinski definition) is 7. The second-order valence-electron chi connectivity index (χ2n) is 8.77. The van der Waals surface area contributed by atoms with Crippen molar-refractivity contribution in [2.24, 2.45) is 5.92 Å². The molecule has 2 aliphatic rings. The van der Waals surface area contributed by atoms with Crippen LogP contribution in [0, 0.1) is 11.7 Å². The summed E-state index contributed by atoms with van der Waals surface area (Å²) in [5.41, 5.74) is 0.886. The van der Waals surface area contributed by atoms with Crippen LogP contribution < -0.4 is 25.4 Å². The molecule has 35 heavy (non-hydrogen) atoms. The zero-order valence-electron chi connectivity index (χ0n) is 19.6. The van der Waals surface area contributed by atoms with E-state index in [1.165, 1.54) is 36.2 Å². The lowest BCUT2D eigenvalue weighted by Gasteiger charge is -2.27. The minimum atomic E-state index is -0.726. The van der Waals surface area contributed by atoms with E-state index in [9.17, 15) is 14.0 Å². The first-order valence-electron chi connectivity index (χ1n) is 11.8. The van der Waals surface area contributed by atoms with E-state index in [4.69, 9.17) is 9.47 Å². The average molecular weight is 503 g/mol. The van der Waals surface area contributed by atoms with Gasteiger partial charge in [0.05, 0.1) is 31.3 Å². The SMILES string of the molecule is COc1cc(NC(=O)C(CC2CCNCC2)NC(=O)c2ccc(F)cc2)ccc1SNC1COC1. The van der Waals surface area contributed by atoms with Crippen LogP contribution in [0.5, 0.6) is 5.75 Å². The number of carbonyl (C=O) groups is 2. The number of methoxy groups -OCH3 is 1. The zero-order valence-corrected chi connectivity index (χ0v) is 20.5. The maximum absolute atomic E-state index is 13.3. The van der Waals surface area contributed by atoms with Gasteiger partial charge in [-0.1, -0.05) is 0 Å². The molecule has 8 nitrogen and oxygen atoms in total. The molecule has 2 aromatic rings. The van der Waals surface area contributed by atoms with E-state index in [2.05, 4.69) is 20.7 Å². The van der Waals surface area contributed by atoms with Gasteiger partial charge < -0.3 is 25.4 Å². The number of benzene rings is 2. The third kappa shape index (κ3) is 7.17. The summed E-state index contributed by atoms with van der Waals surface area (Å²) in [6.45, 7) is 3.15. The minimum absolute atomic E-state index is 0.300. The fraction of sp³-hybridized carbons (Fsp3) is 0.440. The van der Waals surface area contributed by atoms with Crippen molar-refractivity contribution in [1.82, 2.24) is 15.4 Å². The molecule has 4 N–H and O–H groups in total. The largest absolute Gasteiger partial charge is 0.495 e. The fourth-order valence-corrected chi connectivity index (χ4v) is 4.84. The van der Waals surface area contributed by atoms with Gasteiger partial charge in [-0.2, -0.15) is 0 Å². The lowest BCUT2D eigenvalue weighted by molar-refractivity contribution is -0.118. The van der Waals surface area contributed by atoms with E-state index < -0.39 is 17.8 Å². The van der Waals surface area contributed by atoms with E-state index >= 15 is 0 Å². The molecule has 0 saturated carbocycles. The number of hydrogen-bond donors (Lipinski definition) is 4. The number of ether oxygens (including phenoxy) is 2. The molecule has 2 saturated heterocycles. The van der Waals surface area contributed by atoms with Gasteiger partial charge in [0.2, 0.25) is 5.91 Å². The van der Waals surface area contributed by atoms with Gasteiger partial charge in [0, 0.05) is 17.3 Å². The number of anilines is 1. The highest BCUT2D eigenvalue weighted by Gasteiger charge is 2.27. The van der Waals surface area contributed by atoms with Gasteiger partial charge in [-0.05, 0) is 86.6 Å². The third-order valence-corrected chi connectivity index (χ3v) is 7.17. The fourth-order valence-electron chi connectivity index (χ4n) is 4.03. The lowest BCUT2D eigenvalue weighted by atomic mass is 9.90. The molecular weight excluding hydrogens is 471 g/mol. The highest BCUT2D eigenvalue weighted by Crippen LogP contribution is 2.31. The molecule has 1 unspecified atom stereocenters. The second-order valence-corrected chi connectivity index (χ2v) is 9.65. The Kier molecular flexibility index (Phi) is 8.97. The summed E-state index contributed by atoms with van der Waals surface area (Å²) in [6.07, 6.45) is 2.41. The summed E-state index contributed by atoms with van der Waals surface area (Å²) in [7, 11) is 1.58. The Morgan fingerprint density at radius 1 is 1.17 bits per heavy atom. The molecule has 1 atom stereocenters. The maximum Gasteiger partial charge on any atom is 0.251 e. The monoisotopic (exact) mass is 502 g/mol. The van der Waals surface area contributed by atoms with Crippen LogP contribution >= 0.6 is 11.9 Å². The van der Waals surface area contributed by atoms with Crippen LogP contribution in [-0.4, -0.2) is 57.3 Å². The Hall–Kier alpha value is -2.66. The molecule has 4 rings (SSSR count). The van der Waals surface area contributed by atoms with Gasteiger partial charge >= 0.3 is 0 Å². The van der Waals surface area contributed by atoms with Crippen LogP contribution in [-0.2, 0) is 9.53 Å². The summed E-state index contributed by atoms with van der Waals surface area (Å²) in [6, 6.07) is 10.3. The summed E-state index contributed by atoms with van der Waals surface area (Å²) >= 11 is 1.46. The van der Waals surface area contributed by atoms with Crippen molar-refractivity contribution in [3.05, 3.63) is 53.8 Å². The molecule has 0 spiro atoms. The molecule has 0 radical (unpaired) electrons. The molecule has 0 bridgehead atoms. The molecule has 2 aromatic carbocycles. The van der Waals surface area contributed by atoms with E-state index in [0.717, 1.165) is 30.8 Å². The minimum Gasteiger partial charge on any atom is -0.495 e. The molecule has 0 aliphatic carbocycles. The molecule has 2 heterocycles. The number of nitrogens with one attached hydrogen (secondary N) is 4. The Labute approximate surface area is 208 Å². The predicted molar refractivity (Wildman–Crippen MR) is 133 cm³/mol. The Balaban J connectivity index is 1.44. The predicted octanol–water partition coefficient (Wildman–Crippen LogP) is 2.96. The molecule has 2 amide bonds. The summed E-state index contributed by atoms with van der Waals surface area (Å²) in [4.78, 5) is 27.0. The van der Waals surface area contributed by atoms with Gasteiger partial charge in [0.15, 0.2) is 0 Å². The van der Waals surface area contributed by atoms with Crippen LogP contribution in [0.25, 0.3) is 0 Å². The number of piperidine rings is 1. The summed E-state index contributed by atoms with van der Waals surface area (Å²) < 4.78 is 27.3. The third-order valence-electron chi connectivity index (χ3n) is 6.16. The second kappa shape index (κ2) is 12.3. The van der Waals surface area contributed by atoms with Crippen LogP contribution in [0.15, 0.2) is 47.4 Å². The average Bonchev–Trinajstić information content (AvgIpc) is 2.84. The number of halogens is 1. The van der Waals surface area contributed by atoms with Gasteiger partial charge in [0.1, 0.15) is 17.6 Å².